The fraction of sp³-hybridized carbons (Fsp3) is 1.00. The lowest BCUT2D eigenvalue weighted by Crippen LogP contribution is -2.54. The predicted molar refractivity (Wildman–Crippen MR) is 101 cm³/mol. The Labute approximate surface area is 150 Å². The van der Waals surface area contributed by atoms with Gasteiger partial charge in [-0.1, -0.05) is 27.2 Å². The third-order valence-corrected chi connectivity index (χ3v) is 9.36. The zero-order valence-corrected chi connectivity index (χ0v) is 16.6. The van der Waals surface area contributed by atoms with E-state index in [1.54, 1.807) is 0 Å². The predicted octanol–water partition coefficient (Wildman–Crippen LogP) is 6.05. The molecule has 24 heavy (non-hydrogen) atoms. The summed E-state index contributed by atoms with van der Waals surface area (Å²) in [5, 5.41) is 10.5. The molecular formula is C23H40O. The second-order valence-corrected chi connectivity index (χ2v) is 11.0. The molecule has 1 N–H and O–H groups in total. The monoisotopic (exact) mass is 332 g/mol. The van der Waals surface area contributed by atoms with E-state index < -0.39 is 0 Å². The van der Waals surface area contributed by atoms with Gasteiger partial charge in [0.1, 0.15) is 0 Å². The highest BCUT2D eigenvalue weighted by Crippen LogP contribution is 2.64. The maximum Gasteiger partial charge on any atom is 0.0622 e. The molecule has 0 spiro atoms. The Bertz CT molecular complexity index is 467. The minimum Gasteiger partial charge on any atom is -0.390 e. The van der Waals surface area contributed by atoms with Gasteiger partial charge in [-0.05, 0) is 112 Å². The molecule has 4 aliphatic carbocycles. The van der Waals surface area contributed by atoms with Gasteiger partial charge >= 0.3 is 0 Å². The summed E-state index contributed by atoms with van der Waals surface area (Å²) >= 11 is 0. The van der Waals surface area contributed by atoms with Crippen molar-refractivity contribution in [1.82, 2.24) is 0 Å². The average molecular weight is 333 g/mol. The Morgan fingerprint density at radius 3 is 2.33 bits per heavy atom. The van der Waals surface area contributed by atoms with E-state index in [0.29, 0.717) is 5.41 Å². The molecule has 0 amide bonds. The molecule has 0 radical (unpaired) electrons. The van der Waals surface area contributed by atoms with Crippen LogP contribution >= 0.6 is 0 Å². The fourth-order valence-electron chi connectivity index (χ4n) is 8.42. The highest BCUT2D eigenvalue weighted by molar-refractivity contribution is 5.05. The molecule has 4 aliphatic rings. The minimum absolute atomic E-state index is 0.370. The Balaban J connectivity index is 1.56. The van der Waals surface area contributed by atoms with Crippen molar-refractivity contribution in [2.45, 2.75) is 97.5 Å². The molecule has 1 heteroatoms. The molecule has 0 heterocycles. The number of hydrogen-bond donors (Lipinski definition) is 1. The molecule has 8 atom stereocenters. The Hall–Kier alpha value is -0.0400. The van der Waals surface area contributed by atoms with Crippen molar-refractivity contribution in [3.8, 4) is 0 Å². The molecule has 0 saturated heterocycles. The molecule has 4 saturated carbocycles. The van der Waals surface area contributed by atoms with Crippen molar-refractivity contribution in [2.75, 3.05) is 0 Å². The van der Waals surface area contributed by atoms with E-state index >= 15 is 0 Å². The van der Waals surface area contributed by atoms with Crippen LogP contribution in [-0.4, -0.2) is 10.7 Å². The van der Waals surface area contributed by atoms with Crippen LogP contribution in [0.15, 0.2) is 0 Å². The zero-order chi connectivity index (χ0) is 17.1. The van der Waals surface area contributed by atoms with Gasteiger partial charge in [0.2, 0.25) is 0 Å². The summed E-state index contributed by atoms with van der Waals surface area (Å²) in [4.78, 5) is 0. The first-order valence-corrected chi connectivity index (χ1v) is 11.0. The molecule has 1 nitrogen and oxygen atoms in total. The van der Waals surface area contributed by atoms with Crippen LogP contribution in [0.3, 0.4) is 0 Å². The van der Waals surface area contributed by atoms with Crippen molar-refractivity contribution in [2.24, 2.45) is 46.8 Å². The highest BCUT2D eigenvalue weighted by atomic mass is 16.3. The van der Waals surface area contributed by atoms with Gasteiger partial charge in [-0.15, -0.1) is 0 Å². The summed E-state index contributed by atoms with van der Waals surface area (Å²) in [5.74, 6) is 6.58. The molecule has 0 aromatic carbocycles. The molecule has 4 fully saturated rings. The minimum atomic E-state index is -0.370. The first-order chi connectivity index (χ1) is 11.3. The molecular weight excluding hydrogens is 292 g/mol. The van der Waals surface area contributed by atoms with Crippen LogP contribution in [0.2, 0.25) is 0 Å². The van der Waals surface area contributed by atoms with Crippen molar-refractivity contribution in [3.63, 3.8) is 0 Å². The second kappa shape index (κ2) is 6.00. The van der Waals surface area contributed by atoms with Gasteiger partial charge in [-0.3, -0.25) is 0 Å². The van der Waals surface area contributed by atoms with Crippen molar-refractivity contribution >= 4 is 0 Å². The first-order valence-electron chi connectivity index (χ1n) is 11.0. The second-order valence-electron chi connectivity index (χ2n) is 11.0. The lowest BCUT2D eigenvalue weighted by molar-refractivity contribution is -0.132. The smallest absolute Gasteiger partial charge is 0.0622 e. The summed E-state index contributed by atoms with van der Waals surface area (Å²) in [6, 6.07) is 0. The van der Waals surface area contributed by atoms with Crippen molar-refractivity contribution in [3.05, 3.63) is 0 Å². The van der Waals surface area contributed by atoms with Crippen LogP contribution in [0.4, 0.5) is 0 Å². The normalized spacial score (nSPS) is 54.8. The maximum atomic E-state index is 10.5. The summed E-state index contributed by atoms with van der Waals surface area (Å²) in [5.41, 5.74) is 0.255. The van der Waals surface area contributed by atoms with E-state index in [0.717, 1.165) is 54.3 Å². The largest absolute Gasteiger partial charge is 0.390 e. The molecule has 138 valence electrons. The van der Waals surface area contributed by atoms with E-state index in [4.69, 9.17) is 0 Å². The van der Waals surface area contributed by atoms with Crippen LogP contribution in [0.25, 0.3) is 0 Å². The van der Waals surface area contributed by atoms with Crippen LogP contribution < -0.4 is 0 Å². The molecule has 0 aromatic heterocycles. The van der Waals surface area contributed by atoms with Crippen molar-refractivity contribution < 1.29 is 5.11 Å². The molecule has 4 rings (SSSR count). The topological polar surface area (TPSA) is 20.2 Å². The summed E-state index contributed by atoms with van der Waals surface area (Å²) in [6.45, 7) is 9.71. The van der Waals surface area contributed by atoms with E-state index in [1.807, 2.05) is 0 Å². The summed E-state index contributed by atoms with van der Waals surface area (Å²) in [7, 11) is 0. The van der Waals surface area contributed by atoms with Gasteiger partial charge in [0.25, 0.3) is 0 Å². The Morgan fingerprint density at radius 1 is 0.833 bits per heavy atom. The van der Waals surface area contributed by atoms with E-state index in [9.17, 15) is 5.11 Å². The zero-order valence-electron chi connectivity index (χ0n) is 16.6. The molecule has 0 bridgehead atoms. The van der Waals surface area contributed by atoms with Crippen LogP contribution in [0.1, 0.15) is 91.9 Å². The fourth-order valence-corrected chi connectivity index (χ4v) is 8.42. The lowest BCUT2D eigenvalue weighted by atomic mass is 9.44. The third kappa shape index (κ3) is 2.68. The number of fused-ring (bicyclic) bond motifs is 5. The Kier molecular flexibility index (Phi) is 4.34. The van der Waals surface area contributed by atoms with Gasteiger partial charge in [-0.2, -0.15) is 0 Å². The van der Waals surface area contributed by atoms with E-state index in [2.05, 4.69) is 27.7 Å². The van der Waals surface area contributed by atoms with Crippen LogP contribution in [-0.2, 0) is 0 Å². The van der Waals surface area contributed by atoms with E-state index in [-0.39, 0.29) is 5.60 Å². The summed E-state index contributed by atoms with van der Waals surface area (Å²) in [6.07, 6.45) is 13.8. The first kappa shape index (κ1) is 17.4. The highest BCUT2D eigenvalue weighted by Gasteiger charge is 2.56. The van der Waals surface area contributed by atoms with Crippen molar-refractivity contribution in [1.29, 1.82) is 0 Å². The standard InChI is InChI=1S/C23H40O/c1-15(2)20-6-5-7-21-19-9-8-16-14-22(3,24)12-10-17(16)18(19)11-13-23(20,21)4/h15-21,24H,5-14H2,1-4H3/t16-,17+,18-,19-,20?,21+,22-,23-/m1/s1. The SMILES string of the molecule is CC(C)C1CCC[C@H]2[C@@H]3CC[C@@H]4C[C@](C)(O)CC[C@@H]4[C@H]3CC[C@]12C. The van der Waals surface area contributed by atoms with Gasteiger partial charge in [0.05, 0.1) is 5.60 Å². The number of hydrogen-bond acceptors (Lipinski definition) is 1. The lowest BCUT2D eigenvalue weighted by Gasteiger charge is -2.61. The quantitative estimate of drug-likeness (QED) is 0.619. The van der Waals surface area contributed by atoms with Gasteiger partial charge in [-0.25, -0.2) is 0 Å². The number of aliphatic hydroxyl groups is 1. The van der Waals surface area contributed by atoms with Crippen LogP contribution in [0, 0.1) is 46.8 Å². The maximum absolute atomic E-state index is 10.5. The summed E-state index contributed by atoms with van der Waals surface area (Å²) < 4.78 is 0. The van der Waals surface area contributed by atoms with Gasteiger partial charge < -0.3 is 5.11 Å². The van der Waals surface area contributed by atoms with Gasteiger partial charge in [0, 0.05) is 0 Å². The average Bonchev–Trinajstić information content (AvgIpc) is 2.51. The molecule has 0 aromatic rings. The number of rotatable bonds is 1. The van der Waals surface area contributed by atoms with E-state index in [1.165, 1.54) is 51.4 Å². The third-order valence-electron chi connectivity index (χ3n) is 9.36. The molecule has 0 aliphatic heterocycles. The van der Waals surface area contributed by atoms with Crippen LogP contribution in [0.5, 0.6) is 0 Å². The molecule has 1 unspecified atom stereocenters. The Morgan fingerprint density at radius 2 is 1.58 bits per heavy atom. The van der Waals surface area contributed by atoms with Gasteiger partial charge in [0.15, 0.2) is 0 Å².